The Labute approximate surface area is 148 Å². The number of nitrogens with zero attached hydrogens (tertiary/aromatic N) is 4. The lowest BCUT2D eigenvalue weighted by molar-refractivity contribution is -0.133. The van der Waals surface area contributed by atoms with E-state index in [9.17, 15) is 4.79 Å². The lowest BCUT2D eigenvalue weighted by Crippen LogP contribution is -2.55. The predicted molar refractivity (Wildman–Crippen MR) is 93.8 cm³/mol. The minimum Gasteiger partial charge on any atom is -0.383 e. The van der Waals surface area contributed by atoms with Crippen LogP contribution >= 0.6 is 0 Å². The maximum absolute atomic E-state index is 12.9. The molecule has 134 valence electrons. The molecule has 0 atom stereocenters. The second kappa shape index (κ2) is 8.22. The van der Waals surface area contributed by atoms with Gasteiger partial charge in [0.1, 0.15) is 5.54 Å². The van der Waals surface area contributed by atoms with Gasteiger partial charge in [-0.25, -0.2) is 0 Å². The first kappa shape index (κ1) is 17.6. The fourth-order valence-electron chi connectivity index (χ4n) is 3.34. The van der Waals surface area contributed by atoms with Crippen molar-refractivity contribution in [1.82, 2.24) is 25.0 Å². The van der Waals surface area contributed by atoms with Crippen molar-refractivity contribution < 1.29 is 9.53 Å². The van der Waals surface area contributed by atoms with Crippen molar-refractivity contribution >= 4 is 5.91 Å². The molecule has 0 unspecified atom stereocenters. The van der Waals surface area contributed by atoms with E-state index in [0.29, 0.717) is 13.2 Å². The largest absolute Gasteiger partial charge is 0.383 e. The summed E-state index contributed by atoms with van der Waals surface area (Å²) in [6.07, 6.45) is 8.75. The first-order valence-electron chi connectivity index (χ1n) is 8.63. The molecular weight excluding hydrogens is 318 g/mol. The molecule has 1 aliphatic heterocycles. The van der Waals surface area contributed by atoms with Crippen molar-refractivity contribution in [3.8, 4) is 0 Å². The van der Waals surface area contributed by atoms with Crippen LogP contribution < -0.4 is 5.32 Å². The third-order valence-corrected chi connectivity index (χ3v) is 4.77. The van der Waals surface area contributed by atoms with Crippen LogP contribution in [0.2, 0.25) is 0 Å². The van der Waals surface area contributed by atoms with E-state index in [-0.39, 0.29) is 5.91 Å². The summed E-state index contributed by atoms with van der Waals surface area (Å²) in [7, 11) is 1.63. The molecule has 0 spiro atoms. The van der Waals surface area contributed by atoms with Crippen molar-refractivity contribution in [2.75, 3.05) is 33.4 Å². The Morgan fingerprint density at radius 3 is 2.80 bits per heavy atom. The molecule has 0 aromatic carbocycles. The van der Waals surface area contributed by atoms with Gasteiger partial charge >= 0.3 is 0 Å². The van der Waals surface area contributed by atoms with Gasteiger partial charge in [0.25, 0.3) is 0 Å². The monoisotopic (exact) mass is 343 g/mol. The third kappa shape index (κ3) is 4.05. The molecule has 2 aromatic rings. The zero-order valence-electron chi connectivity index (χ0n) is 14.6. The molecule has 2 aromatic heterocycles. The number of rotatable bonds is 7. The van der Waals surface area contributed by atoms with Gasteiger partial charge in [0.15, 0.2) is 0 Å². The fraction of sp³-hybridized carbons (Fsp3) is 0.500. The first-order chi connectivity index (χ1) is 12.2. The normalized spacial score (nSPS) is 17.3. The van der Waals surface area contributed by atoms with Crippen molar-refractivity contribution in [3.05, 3.63) is 48.5 Å². The van der Waals surface area contributed by atoms with Crippen molar-refractivity contribution in [2.45, 2.75) is 24.9 Å². The molecule has 3 rings (SSSR count). The number of carbonyl (C=O) groups excluding carboxylic acids is 1. The van der Waals surface area contributed by atoms with Crippen LogP contribution in [0.4, 0.5) is 0 Å². The van der Waals surface area contributed by atoms with Crippen LogP contribution in [-0.2, 0) is 21.6 Å². The SMILES string of the molecule is COCCNC(=O)C1(n2cccn2)CCN(Cc2cccnc2)CC1. The van der Waals surface area contributed by atoms with E-state index in [1.807, 2.05) is 29.2 Å². The first-order valence-corrected chi connectivity index (χ1v) is 8.63. The minimum atomic E-state index is -0.622. The number of amides is 1. The van der Waals surface area contributed by atoms with Crippen LogP contribution in [-0.4, -0.2) is 58.9 Å². The van der Waals surface area contributed by atoms with E-state index in [2.05, 4.69) is 26.4 Å². The summed E-state index contributed by atoms with van der Waals surface area (Å²) in [4.78, 5) is 19.4. The molecule has 0 bridgehead atoms. The number of hydrogen-bond donors (Lipinski definition) is 1. The van der Waals surface area contributed by atoms with Gasteiger partial charge in [-0.3, -0.25) is 19.4 Å². The molecule has 7 nitrogen and oxygen atoms in total. The van der Waals surface area contributed by atoms with E-state index < -0.39 is 5.54 Å². The Morgan fingerprint density at radius 1 is 1.32 bits per heavy atom. The Balaban J connectivity index is 1.67. The van der Waals surface area contributed by atoms with Gasteiger partial charge in [0.05, 0.1) is 6.61 Å². The number of nitrogens with one attached hydrogen (secondary N) is 1. The molecule has 1 N–H and O–H groups in total. The smallest absolute Gasteiger partial charge is 0.248 e. The van der Waals surface area contributed by atoms with E-state index >= 15 is 0 Å². The molecule has 0 aliphatic carbocycles. The molecule has 1 saturated heterocycles. The Kier molecular flexibility index (Phi) is 5.78. The molecular formula is C18H25N5O2. The van der Waals surface area contributed by atoms with Crippen LogP contribution in [0.1, 0.15) is 18.4 Å². The molecule has 1 aliphatic rings. The fourth-order valence-corrected chi connectivity index (χ4v) is 3.34. The van der Waals surface area contributed by atoms with Crippen molar-refractivity contribution in [1.29, 1.82) is 0 Å². The highest BCUT2D eigenvalue weighted by Crippen LogP contribution is 2.30. The lowest BCUT2D eigenvalue weighted by atomic mass is 9.86. The number of methoxy groups -OCH3 is 1. The lowest BCUT2D eigenvalue weighted by Gasteiger charge is -2.40. The van der Waals surface area contributed by atoms with Gasteiger partial charge in [-0.05, 0) is 30.5 Å². The van der Waals surface area contributed by atoms with Gasteiger partial charge in [0, 0.05) is 58.1 Å². The van der Waals surface area contributed by atoms with E-state index in [1.165, 1.54) is 5.56 Å². The third-order valence-electron chi connectivity index (χ3n) is 4.77. The summed E-state index contributed by atoms with van der Waals surface area (Å²) in [5.74, 6) is 0.0225. The highest BCUT2D eigenvalue weighted by Gasteiger charge is 2.43. The number of ether oxygens (including phenoxy) is 1. The van der Waals surface area contributed by atoms with Crippen LogP contribution in [0.5, 0.6) is 0 Å². The Hall–Kier alpha value is -2.25. The van der Waals surface area contributed by atoms with E-state index in [1.54, 1.807) is 19.5 Å². The topological polar surface area (TPSA) is 72.3 Å². The average Bonchev–Trinajstić information content (AvgIpc) is 3.19. The summed E-state index contributed by atoms with van der Waals surface area (Å²) < 4.78 is 6.85. The maximum Gasteiger partial charge on any atom is 0.248 e. The number of aromatic nitrogens is 3. The molecule has 0 radical (unpaired) electrons. The van der Waals surface area contributed by atoms with Crippen molar-refractivity contribution in [2.24, 2.45) is 0 Å². The second-order valence-corrected chi connectivity index (χ2v) is 6.37. The van der Waals surface area contributed by atoms with Crippen LogP contribution in [0.25, 0.3) is 0 Å². The van der Waals surface area contributed by atoms with E-state index in [0.717, 1.165) is 32.5 Å². The molecule has 0 saturated carbocycles. The molecule has 3 heterocycles. The summed E-state index contributed by atoms with van der Waals surface area (Å²) >= 11 is 0. The quantitative estimate of drug-likeness (QED) is 0.761. The van der Waals surface area contributed by atoms with Gasteiger partial charge in [-0.2, -0.15) is 5.10 Å². The number of pyridine rings is 1. The van der Waals surface area contributed by atoms with Crippen molar-refractivity contribution in [3.63, 3.8) is 0 Å². The van der Waals surface area contributed by atoms with Crippen LogP contribution in [0.3, 0.4) is 0 Å². The maximum atomic E-state index is 12.9. The predicted octanol–water partition coefficient (Wildman–Crippen LogP) is 1.03. The Bertz CT molecular complexity index is 651. The highest BCUT2D eigenvalue weighted by molar-refractivity contribution is 5.84. The van der Waals surface area contributed by atoms with Gasteiger partial charge < -0.3 is 10.1 Å². The summed E-state index contributed by atoms with van der Waals surface area (Å²) in [5.41, 5.74) is 0.571. The summed E-state index contributed by atoms with van der Waals surface area (Å²) in [6, 6.07) is 5.91. The van der Waals surface area contributed by atoms with Gasteiger partial charge in [-0.1, -0.05) is 6.07 Å². The molecule has 1 amide bonds. The van der Waals surface area contributed by atoms with Crippen LogP contribution in [0, 0.1) is 0 Å². The van der Waals surface area contributed by atoms with E-state index in [4.69, 9.17) is 4.74 Å². The highest BCUT2D eigenvalue weighted by atomic mass is 16.5. The Morgan fingerprint density at radius 2 is 2.16 bits per heavy atom. The zero-order valence-corrected chi connectivity index (χ0v) is 14.6. The molecule has 1 fully saturated rings. The van der Waals surface area contributed by atoms with Gasteiger partial charge in [-0.15, -0.1) is 0 Å². The number of hydrogen-bond acceptors (Lipinski definition) is 5. The minimum absolute atomic E-state index is 0.0225. The molecule has 25 heavy (non-hydrogen) atoms. The number of piperidine rings is 1. The van der Waals surface area contributed by atoms with Gasteiger partial charge in [0.2, 0.25) is 5.91 Å². The molecule has 7 heteroatoms. The second-order valence-electron chi connectivity index (χ2n) is 6.37. The standard InChI is InChI=1S/C18H25N5O2/c1-25-13-9-20-17(24)18(23-10-3-8-21-23)5-11-22(12-6-18)15-16-4-2-7-19-14-16/h2-4,7-8,10,14H,5-6,9,11-13,15H2,1H3,(H,20,24). The zero-order chi connectivity index (χ0) is 17.5. The average molecular weight is 343 g/mol. The summed E-state index contributed by atoms with van der Waals surface area (Å²) in [6.45, 7) is 3.55. The summed E-state index contributed by atoms with van der Waals surface area (Å²) in [5, 5.41) is 7.36. The number of likely N-dealkylation sites (tertiary alicyclic amines) is 1. The number of carbonyl (C=O) groups is 1. The van der Waals surface area contributed by atoms with Crippen LogP contribution in [0.15, 0.2) is 43.0 Å².